The lowest BCUT2D eigenvalue weighted by atomic mass is 9.92. The first-order valence-electron chi connectivity index (χ1n) is 5.02. The van der Waals surface area contributed by atoms with Crippen LogP contribution in [0.15, 0.2) is 11.7 Å². The van der Waals surface area contributed by atoms with Crippen molar-refractivity contribution in [2.75, 3.05) is 20.3 Å². The Morgan fingerprint density at radius 1 is 1.71 bits per heavy atom. The van der Waals surface area contributed by atoms with Crippen LogP contribution in [-0.2, 0) is 11.2 Å². The third-order valence-corrected chi connectivity index (χ3v) is 3.59. The van der Waals surface area contributed by atoms with E-state index in [1.54, 1.807) is 11.3 Å². The maximum absolute atomic E-state index is 5.51. The van der Waals surface area contributed by atoms with Gasteiger partial charge in [0.25, 0.3) is 0 Å². The zero-order valence-electron chi connectivity index (χ0n) is 8.40. The molecule has 2 heterocycles. The molecule has 78 valence electrons. The van der Waals surface area contributed by atoms with Gasteiger partial charge < -0.3 is 10.1 Å². The number of ether oxygens (including phenoxy) is 1. The van der Waals surface area contributed by atoms with Gasteiger partial charge >= 0.3 is 0 Å². The lowest BCUT2D eigenvalue weighted by Crippen LogP contribution is -2.41. The lowest BCUT2D eigenvalue weighted by Gasteiger charge is -2.30. The van der Waals surface area contributed by atoms with Crippen molar-refractivity contribution in [3.63, 3.8) is 0 Å². The van der Waals surface area contributed by atoms with E-state index < -0.39 is 0 Å². The summed E-state index contributed by atoms with van der Waals surface area (Å²) < 4.78 is 5.51. The molecule has 0 aromatic carbocycles. The summed E-state index contributed by atoms with van der Waals surface area (Å²) in [5, 5.41) is 3.37. The number of aromatic nitrogens is 1. The van der Waals surface area contributed by atoms with Crippen molar-refractivity contribution in [2.24, 2.45) is 5.92 Å². The maximum Gasteiger partial charge on any atom is 0.0794 e. The number of nitrogens with zero attached hydrogens (tertiary/aromatic N) is 1. The monoisotopic (exact) mass is 212 g/mol. The van der Waals surface area contributed by atoms with Gasteiger partial charge in [-0.2, -0.15) is 0 Å². The van der Waals surface area contributed by atoms with E-state index >= 15 is 0 Å². The van der Waals surface area contributed by atoms with Crippen molar-refractivity contribution in [2.45, 2.75) is 18.9 Å². The number of nitrogens with one attached hydrogen (secondary N) is 1. The molecule has 0 saturated carbocycles. The molecule has 4 heteroatoms. The third kappa shape index (κ3) is 2.32. The Bertz CT molecular complexity index is 263. The van der Waals surface area contributed by atoms with Crippen LogP contribution in [-0.4, -0.2) is 31.3 Å². The minimum atomic E-state index is 0.603. The van der Waals surface area contributed by atoms with Crippen molar-refractivity contribution in [1.82, 2.24) is 10.3 Å². The van der Waals surface area contributed by atoms with E-state index in [9.17, 15) is 0 Å². The fourth-order valence-corrected chi connectivity index (χ4v) is 2.67. The minimum absolute atomic E-state index is 0.603. The zero-order chi connectivity index (χ0) is 9.80. The first-order chi connectivity index (χ1) is 6.90. The highest BCUT2D eigenvalue weighted by molar-refractivity contribution is 7.09. The van der Waals surface area contributed by atoms with E-state index in [2.05, 4.69) is 10.3 Å². The number of hydrogen-bond acceptors (Lipinski definition) is 4. The van der Waals surface area contributed by atoms with E-state index in [4.69, 9.17) is 4.74 Å². The first kappa shape index (κ1) is 10.1. The molecule has 1 N–H and O–H groups in total. The van der Waals surface area contributed by atoms with Crippen molar-refractivity contribution < 1.29 is 4.74 Å². The molecule has 1 saturated heterocycles. The quantitative estimate of drug-likeness (QED) is 0.820. The van der Waals surface area contributed by atoms with Crippen LogP contribution in [0.2, 0.25) is 0 Å². The smallest absolute Gasteiger partial charge is 0.0794 e. The van der Waals surface area contributed by atoms with Crippen LogP contribution in [0.4, 0.5) is 0 Å². The van der Waals surface area contributed by atoms with Crippen LogP contribution in [0.25, 0.3) is 0 Å². The van der Waals surface area contributed by atoms with Crippen molar-refractivity contribution >= 4 is 11.3 Å². The predicted molar refractivity (Wildman–Crippen MR) is 57.6 cm³/mol. The molecule has 0 spiro atoms. The van der Waals surface area contributed by atoms with Gasteiger partial charge in [0.15, 0.2) is 0 Å². The molecular weight excluding hydrogens is 196 g/mol. The summed E-state index contributed by atoms with van der Waals surface area (Å²) >= 11 is 1.73. The molecule has 1 aromatic rings. The maximum atomic E-state index is 5.51. The van der Waals surface area contributed by atoms with Gasteiger partial charge in [-0.1, -0.05) is 0 Å². The molecule has 0 amide bonds. The van der Waals surface area contributed by atoms with Gasteiger partial charge in [0.05, 0.1) is 12.1 Å². The SMILES string of the molecule is CNC1CCOCC1Cc1cncs1. The van der Waals surface area contributed by atoms with E-state index in [-0.39, 0.29) is 0 Å². The molecule has 2 atom stereocenters. The van der Waals surface area contributed by atoms with Crippen molar-refractivity contribution in [3.8, 4) is 0 Å². The van der Waals surface area contributed by atoms with Gasteiger partial charge in [0, 0.05) is 29.6 Å². The summed E-state index contributed by atoms with van der Waals surface area (Å²) in [5.41, 5.74) is 1.90. The summed E-state index contributed by atoms with van der Waals surface area (Å²) in [6.45, 7) is 1.77. The van der Waals surface area contributed by atoms with Crippen molar-refractivity contribution in [1.29, 1.82) is 0 Å². The summed E-state index contributed by atoms with van der Waals surface area (Å²) in [4.78, 5) is 5.46. The topological polar surface area (TPSA) is 34.1 Å². The Balaban J connectivity index is 1.94. The Kier molecular flexibility index (Phi) is 3.50. The molecule has 0 bridgehead atoms. The number of rotatable bonds is 3. The van der Waals surface area contributed by atoms with Crippen LogP contribution >= 0.6 is 11.3 Å². The summed E-state index contributed by atoms with van der Waals surface area (Å²) in [6.07, 6.45) is 4.18. The molecule has 3 nitrogen and oxygen atoms in total. The molecule has 1 fully saturated rings. The van der Waals surface area contributed by atoms with E-state index in [0.717, 1.165) is 26.1 Å². The second-order valence-electron chi connectivity index (χ2n) is 3.69. The molecule has 2 unspecified atom stereocenters. The van der Waals surface area contributed by atoms with Crippen LogP contribution in [0.5, 0.6) is 0 Å². The predicted octanol–water partition coefficient (Wildman–Crippen LogP) is 1.31. The van der Waals surface area contributed by atoms with Gasteiger partial charge in [0.2, 0.25) is 0 Å². The van der Waals surface area contributed by atoms with Gasteiger partial charge in [0.1, 0.15) is 0 Å². The molecule has 14 heavy (non-hydrogen) atoms. The molecule has 1 aliphatic rings. The van der Waals surface area contributed by atoms with E-state index in [1.807, 2.05) is 18.8 Å². The van der Waals surface area contributed by atoms with Crippen molar-refractivity contribution in [3.05, 3.63) is 16.6 Å². The highest BCUT2D eigenvalue weighted by Gasteiger charge is 2.24. The normalized spacial score (nSPS) is 27.8. The van der Waals surface area contributed by atoms with Gasteiger partial charge in [-0.05, 0) is 19.9 Å². The van der Waals surface area contributed by atoms with Gasteiger partial charge in [-0.15, -0.1) is 11.3 Å². The zero-order valence-corrected chi connectivity index (χ0v) is 9.22. The standard InChI is InChI=1S/C10H16N2OS/c1-11-10-2-3-13-6-8(10)4-9-5-12-7-14-9/h5,7-8,10-11H,2-4,6H2,1H3. The average Bonchev–Trinajstić information content (AvgIpc) is 2.71. The fourth-order valence-electron chi connectivity index (χ4n) is 1.98. The average molecular weight is 212 g/mol. The Morgan fingerprint density at radius 3 is 3.36 bits per heavy atom. The van der Waals surface area contributed by atoms with E-state index in [0.29, 0.717) is 12.0 Å². The van der Waals surface area contributed by atoms with Gasteiger partial charge in [-0.25, -0.2) is 0 Å². The molecular formula is C10H16N2OS. The minimum Gasteiger partial charge on any atom is -0.381 e. The summed E-state index contributed by atoms with van der Waals surface area (Å²) in [5.74, 6) is 0.606. The number of thiazole rings is 1. The Labute approximate surface area is 88.5 Å². The third-order valence-electron chi connectivity index (χ3n) is 2.79. The second-order valence-corrected chi connectivity index (χ2v) is 4.66. The lowest BCUT2D eigenvalue weighted by molar-refractivity contribution is 0.0345. The molecule has 1 aliphatic heterocycles. The molecule has 1 aromatic heterocycles. The second kappa shape index (κ2) is 4.87. The van der Waals surface area contributed by atoms with Crippen LogP contribution in [0.3, 0.4) is 0 Å². The summed E-state index contributed by atoms with van der Waals surface area (Å²) in [6, 6.07) is 0.603. The highest BCUT2D eigenvalue weighted by atomic mass is 32.1. The van der Waals surface area contributed by atoms with Crippen LogP contribution < -0.4 is 5.32 Å². The Hall–Kier alpha value is -0.450. The Morgan fingerprint density at radius 2 is 2.64 bits per heavy atom. The summed E-state index contributed by atoms with van der Waals surface area (Å²) in [7, 11) is 2.04. The fraction of sp³-hybridized carbons (Fsp3) is 0.700. The first-order valence-corrected chi connectivity index (χ1v) is 5.90. The number of hydrogen-bond donors (Lipinski definition) is 1. The molecule has 0 aliphatic carbocycles. The molecule has 0 radical (unpaired) electrons. The van der Waals surface area contributed by atoms with Crippen LogP contribution in [0, 0.1) is 5.92 Å². The largest absolute Gasteiger partial charge is 0.381 e. The highest BCUT2D eigenvalue weighted by Crippen LogP contribution is 2.21. The molecule has 2 rings (SSSR count). The van der Waals surface area contributed by atoms with E-state index in [1.165, 1.54) is 4.88 Å². The van der Waals surface area contributed by atoms with Crippen LogP contribution in [0.1, 0.15) is 11.3 Å². The van der Waals surface area contributed by atoms with Gasteiger partial charge in [-0.3, -0.25) is 4.98 Å².